The van der Waals surface area contributed by atoms with Gasteiger partial charge in [-0.25, -0.2) is 9.67 Å². The molecule has 2 heterocycles. The Morgan fingerprint density at radius 2 is 2.05 bits per heavy atom. The minimum Gasteiger partial charge on any atom is -0.361 e. The van der Waals surface area contributed by atoms with Crippen LogP contribution in [0.1, 0.15) is 18.4 Å². The van der Waals surface area contributed by atoms with Gasteiger partial charge in [0.05, 0.1) is 12.2 Å². The van der Waals surface area contributed by atoms with Gasteiger partial charge in [-0.1, -0.05) is 22.9 Å². The van der Waals surface area contributed by atoms with E-state index in [1.807, 2.05) is 47.4 Å². The van der Waals surface area contributed by atoms with Crippen LogP contribution in [0.4, 0.5) is 5.82 Å². The number of nitrogens with one attached hydrogen (secondary N) is 2. The van der Waals surface area contributed by atoms with E-state index in [0.29, 0.717) is 6.54 Å². The van der Waals surface area contributed by atoms with E-state index in [9.17, 15) is 0 Å². The number of hydrogen-bond donors (Lipinski definition) is 2. The van der Waals surface area contributed by atoms with E-state index < -0.39 is 0 Å². The standard InChI is InChI=1S/C15H16BrN5/c1-2-12-9-17-15(19-12)10-18-14-7-8-21(20-14)13-5-3-11(16)4-6-13/h3-9H,2,10H2,1H3,(H,17,19)(H,18,20). The zero-order valence-electron chi connectivity index (χ0n) is 11.7. The molecule has 1 aromatic carbocycles. The molecule has 0 saturated heterocycles. The van der Waals surface area contributed by atoms with E-state index in [1.165, 1.54) is 0 Å². The number of halogens is 1. The number of aryl methyl sites for hydroxylation is 1. The summed E-state index contributed by atoms with van der Waals surface area (Å²) in [6.45, 7) is 2.74. The number of H-pyrrole nitrogens is 1. The van der Waals surface area contributed by atoms with Crippen LogP contribution in [-0.4, -0.2) is 19.7 Å². The highest BCUT2D eigenvalue weighted by Gasteiger charge is 2.03. The highest BCUT2D eigenvalue weighted by molar-refractivity contribution is 9.10. The Hall–Kier alpha value is -2.08. The van der Waals surface area contributed by atoms with Gasteiger partial charge in [0.15, 0.2) is 0 Å². The molecule has 0 fully saturated rings. The average Bonchev–Trinajstić information content (AvgIpc) is 3.15. The van der Waals surface area contributed by atoms with Crippen LogP contribution in [0.5, 0.6) is 0 Å². The van der Waals surface area contributed by atoms with Crippen molar-refractivity contribution in [2.75, 3.05) is 5.32 Å². The predicted octanol–water partition coefficient (Wildman–Crippen LogP) is 3.53. The Labute approximate surface area is 131 Å². The second-order valence-electron chi connectivity index (χ2n) is 4.68. The first-order valence-corrected chi connectivity index (χ1v) is 7.62. The third-order valence-corrected chi connectivity index (χ3v) is 3.71. The van der Waals surface area contributed by atoms with Gasteiger partial charge in [-0.3, -0.25) is 0 Å². The lowest BCUT2D eigenvalue weighted by molar-refractivity contribution is 0.871. The molecule has 2 aromatic heterocycles. The van der Waals surface area contributed by atoms with Crippen LogP contribution in [0, 0.1) is 0 Å². The Bertz CT molecular complexity index is 714. The fourth-order valence-corrected chi connectivity index (χ4v) is 2.27. The van der Waals surface area contributed by atoms with Crippen LogP contribution in [-0.2, 0) is 13.0 Å². The first kappa shape index (κ1) is 13.9. The highest BCUT2D eigenvalue weighted by atomic mass is 79.9. The molecule has 0 atom stereocenters. The fraction of sp³-hybridized carbons (Fsp3) is 0.200. The molecule has 3 rings (SSSR count). The van der Waals surface area contributed by atoms with E-state index in [2.05, 4.69) is 43.2 Å². The van der Waals surface area contributed by atoms with Crippen molar-refractivity contribution in [3.05, 3.63) is 58.7 Å². The van der Waals surface area contributed by atoms with Gasteiger partial charge < -0.3 is 10.3 Å². The molecule has 21 heavy (non-hydrogen) atoms. The first-order chi connectivity index (χ1) is 10.2. The zero-order chi connectivity index (χ0) is 14.7. The topological polar surface area (TPSA) is 58.5 Å². The van der Waals surface area contributed by atoms with Crippen LogP contribution < -0.4 is 5.32 Å². The number of hydrogen-bond acceptors (Lipinski definition) is 3. The Morgan fingerprint density at radius 3 is 2.76 bits per heavy atom. The number of aromatic amines is 1. The van der Waals surface area contributed by atoms with E-state index in [-0.39, 0.29) is 0 Å². The molecule has 0 radical (unpaired) electrons. The minimum absolute atomic E-state index is 0.636. The number of aromatic nitrogens is 4. The zero-order valence-corrected chi connectivity index (χ0v) is 13.3. The molecular formula is C15H16BrN5. The molecule has 3 aromatic rings. The van der Waals surface area contributed by atoms with E-state index in [1.54, 1.807) is 0 Å². The summed E-state index contributed by atoms with van der Waals surface area (Å²) in [5.74, 6) is 1.75. The van der Waals surface area contributed by atoms with E-state index >= 15 is 0 Å². The van der Waals surface area contributed by atoms with Gasteiger partial charge in [0.2, 0.25) is 0 Å². The molecule has 0 bridgehead atoms. The van der Waals surface area contributed by atoms with Gasteiger partial charge in [-0.15, -0.1) is 0 Å². The quantitative estimate of drug-likeness (QED) is 0.743. The second kappa shape index (κ2) is 6.13. The summed E-state index contributed by atoms with van der Waals surface area (Å²) in [4.78, 5) is 7.58. The van der Waals surface area contributed by atoms with E-state index in [4.69, 9.17) is 0 Å². The summed E-state index contributed by atoms with van der Waals surface area (Å²) in [5, 5.41) is 7.77. The van der Waals surface area contributed by atoms with E-state index in [0.717, 1.165) is 33.9 Å². The number of benzene rings is 1. The molecule has 0 aliphatic rings. The predicted molar refractivity (Wildman–Crippen MR) is 86.6 cm³/mol. The van der Waals surface area contributed by atoms with Crippen LogP contribution >= 0.6 is 15.9 Å². The lowest BCUT2D eigenvalue weighted by Crippen LogP contribution is -2.03. The molecular weight excluding hydrogens is 330 g/mol. The fourth-order valence-electron chi connectivity index (χ4n) is 2.01. The molecule has 108 valence electrons. The van der Waals surface area contributed by atoms with Crippen molar-refractivity contribution in [1.29, 1.82) is 0 Å². The number of rotatable bonds is 5. The van der Waals surface area contributed by atoms with Crippen LogP contribution in [0.2, 0.25) is 0 Å². The van der Waals surface area contributed by atoms with Gasteiger partial charge >= 0.3 is 0 Å². The Balaban J connectivity index is 1.66. The van der Waals surface area contributed by atoms with Crippen LogP contribution in [0.25, 0.3) is 5.69 Å². The molecule has 0 spiro atoms. The van der Waals surface area contributed by atoms with Gasteiger partial charge in [0.1, 0.15) is 11.6 Å². The molecule has 0 unspecified atom stereocenters. The number of imidazole rings is 1. The molecule has 0 aliphatic carbocycles. The minimum atomic E-state index is 0.636. The van der Waals surface area contributed by atoms with Crippen LogP contribution in [0.3, 0.4) is 0 Å². The average molecular weight is 346 g/mol. The van der Waals surface area contributed by atoms with Crippen molar-refractivity contribution in [1.82, 2.24) is 19.7 Å². The maximum absolute atomic E-state index is 4.50. The van der Waals surface area contributed by atoms with Gasteiger partial charge in [-0.2, -0.15) is 5.10 Å². The normalized spacial score (nSPS) is 10.8. The SMILES string of the molecule is CCc1cnc(CNc2ccn(-c3ccc(Br)cc3)n2)[nH]1. The molecule has 0 aliphatic heterocycles. The van der Waals surface area contributed by atoms with Crippen molar-refractivity contribution in [2.24, 2.45) is 0 Å². The second-order valence-corrected chi connectivity index (χ2v) is 5.60. The largest absolute Gasteiger partial charge is 0.361 e. The summed E-state index contributed by atoms with van der Waals surface area (Å²) < 4.78 is 2.90. The molecule has 6 heteroatoms. The first-order valence-electron chi connectivity index (χ1n) is 6.83. The van der Waals surface area contributed by atoms with Gasteiger partial charge in [0.25, 0.3) is 0 Å². The molecule has 0 amide bonds. The van der Waals surface area contributed by atoms with Gasteiger partial charge in [-0.05, 0) is 30.7 Å². The Kier molecular flexibility index (Phi) is 4.06. The van der Waals surface area contributed by atoms with Crippen molar-refractivity contribution < 1.29 is 0 Å². The van der Waals surface area contributed by atoms with Crippen molar-refractivity contribution >= 4 is 21.7 Å². The molecule has 0 saturated carbocycles. The Morgan fingerprint density at radius 1 is 1.24 bits per heavy atom. The number of nitrogens with zero attached hydrogens (tertiary/aromatic N) is 3. The lowest BCUT2D eigenvalue weighted by Gasteiger charge is -2.02. The summed E-state index contributed by atoms with van der Waals surface area (Å²) in [7, 11) is 0. The summed E-state index contributed by atoms with van der Waals surface area (Å²) in [6.07, 6.45) is 4.77. The van der Waals surface area contributed by atoms with Crippen molar-refractivity contribution in [3.8, 4) is 5.69 Å². The smallest absolute Gasteiger partial charge is 0.148 e. The third-order valence-electron chi connectivity index (χ3n) is 3.18. The lowest BCUT2D eigenvalue weighted by atomic mass is 10.3. The summed E-state index contributed by atoms with van der Waals surface area (Å²) in [5.41, 5.74) is 2.17. The maximum Gasteiger partial charge on any atom is 0.148 e. The molecule has 5 nitrogen and oxygen atoms in total. The molecule has 2 N–H and O–H groups in total. The monoisotopic (exact) mass is 345 g/mol. The summed E-state index contributed by atoms with van der Waals surface area (Å²) >= 11 is 3.43. The summed E-state index contributed by atoms with van der Waals surface area (Å²) in [6, 6.07) is 9.98. The van der Waals surface area contributed by atoms with Crippen molar-refractivity contribution in [3.63, 3.8) is 0 Å². The van der Waals surface area contributed by atoms with Gasteiger partial charge in [0, 0.05) is 28.6 Å². The van der Waals surface area contributed by atoms with Crippen molar-refractivity contribution in [2.45, 2.75) is 19.9 Å². The highest BCUT2D eigenvalue weighted by Crippen LogP contribution is 2.15. The maximum atomic E-state index is 4.50. The number of anilines is 1. The van der Waals surface area contributed by atoms with Crippen LogP contribution in [0.15, 0.2) is 47.2 Å². The third kappa shape index (κ3) is 3.33.